The summed E-state index contributed by atoms with van der Waals surface area (Å²) >= 11 is 0. The molecule has 33 heavy (non-hydrogen) atoms. The van der Waals surface area contributed by atoms with Gasteiger partial charge in [0.1, 0.15) is 18.1 Å². The Morgan fingerprint density at radius 3 is 2.48 bits per heavy atom. The third-order valence-electron chi connectivity index (χ3n) is 6.21. The molecule has 0 atom stereocenters. The van der Waals surface area contributed by atoms with Crippen molar-refractivity contribution in [2.75, 3.05) is 13.7 Å². The molecule has 170 valence electrons. The summed E-state index contributed by atoms with van der Waals surface area (Å²) in [5, 5.41) is 0. The van der Waals surface area contributed by atoms with Gasteiger partial charge in [0.05, 0.1) is 25.7 Å². The van der Waals surface area contributed by atoms with Crippen LogP contribution in [0.15, 0.2) is 70.5 Å². The summed E-state index contributed by atoms with van der Waals surface area (Å²) in [5.41, 5.74) is 0.597. The minimum absolute atomic E-state index is 0.112. The highest BCUT2D eigenvalue weighted by Crippen LogP contribution is 2.29. The molecule has 1 aliphatic carbocycles. The molecular weight excluding hydrogens is 420 g/mol. The lowest BCUT2D eigenvalue weighted by Crippen LogP contribution is -2.42. The molecule has 1 aliphatic rings. The van der Waals surface area contributed by atoms with Crippen LogP contribution in [0.5, 0.6) is 11.5 Å². The smallest absolute Gasteiger partial charge is 0.337 e. The zero-order valence-corrected chi connectivity index (χ0v) is 18.5. The third-order valence-corrected chi connectivity index (χ3v) is 6.21. The van der Waals surface area contributed by atoms with Gasteiger partial charge in [0.2, 0.25) is 0 Å². The quantitative estimate of drug-likeness (QED) is 0.434. The Morgan fingerprint density at radius 1 is 1.00 bits per heavy atom. The van der Waals surface area contributed by atoms with E-state index in [9.17, 15) is 9.59 Å². The van der Waals surface area contributed by atoms with Crippen molar-refractivity contribution < 1.29 is 9.47 Å². The predicted molar refractivity (Wildman–Crippen MR) is 126 cm³/mol. The summed E-state index contributed by atoms with van der Waals surface area (Å²) in [4.78, 5) is 31.8. The van der Waals surface area contributed by atoms with Crippen LogP contribution >= 0.6 is 0 Å². The van der Waals surface area contributed by atoms with Crippen LogP contribution in [0.1, 0.15) is 31.7 Å². The second kappa shape index (κ2) is 8.97. The molecule has 0 aliphatic heterocycles. The first-order chi connectivity index (χ1) is 16.2. The molecule has 0 spiro atoms. The Hall–Kier alpha value is -3.81. The van der Waals surface area contributed by atoms with Crippen molar-refractivity contribution in [1.82, 2.24) is 18.7 Å². The number of methoxy groups -OCH3 is 1. The van der Waals surface area contributed by atoms with Gasteiger partial charge in [-0.3, -0.25) is 9.36 Å². The van der Waals surface area contributed by atoms with Crippen molar-refractivity contribution in [2.24, 2.45) is 0 Å². The summed E-state index contributed by atoms with van der Waals surface area (Å²) < 4.78 is 16.0. The van der Waals surface area contributed by atoms with E-state index in [0.717, 1.165) is 31.4 Å². The van der Waals surface area contributed by atoms with E-state index in [1.807, 2.05) is 42.5 Å². The van der Waals surface area contributed by atoms with Crippen molar-refractivity contribution in [3.05, 3.63) is 81.8 Å². The number of hydrogen-bond donors (Lipinski definition) is 0. The van der Waals surface area contributed by atoms with Crippen LogP contribution in [0.25, 0.3) is 16.9 Å². The van der Waals surface area contributed by atoms with Crippen molar-refractivity contribution in [2.45, 2.75) is 38.3 Å². The fraction of sp³-hybridized carbons (Fsp3) is 0.320. The zero-order valence-electron chi connectivity index (χ0n) is 18.5. The van der Waals surface area contributed by atoms with Crippen molar-refractivity contribution in [3.63, 3.8) is 0 Å². The van der Waals surface area contributed by atoms with Gasteiger partial charge >= 0.3 is 5.69 Å². The van der Waals surface area contributed by atoms with Crippen LogP contribution in [0.2, 0.25) is 0 Å². The summed E-state index contributed by atoms with van der Waals surface area (Å²) in [6, 6.07) is 16.7. The Kier molecular flexibility index (Phi) is 5.73. The maximum Gasteiger partial charge on any atom is 0.337 e. The van der Waals surface area contributed by atoms with Crippen molar-refractivity contribution in [1.29, 1.82) is 0 Å². The number of nitrogens with zero attached hydrogens (tertiary/aromatic N) is 4. The molecule has 2 aromatic heterocycles. The summed E-state index contributed by atoms with van der Waals surface area (Å²) in [7, 11) is 1.56. The molecule has 5 rings (SSSR count). The van der Waals surface area contributed by atoms with E-state index in [0.29, 0.717) is 35.8 Å². The first kappa shape index (κ1) is 21.1. The monoisotopic (exact) mass is 446 g/mol. The molecule has 8 nitrogen and oxygen atoms in total. The van der Waals surface area contributed by atoms with E-state index >= 15 is 0 Å². The van der Waals surface area contributed by atoms with E-state index in [4.69, 9.17) is 9.47 Å². The van der Waals surface area contributed by atoms with Crippen molar-refractivity contribution >= 4 is 11.2 Å². The first-order valence-electron chi connectivity index (χ1n) is 11.2. The van der Waals surface area contributed by atoms with Crippen LogP contribution in [0.4, 0.5) is 0 Å². The van der Waals surface area contributed by atoms with Gasteiger partial charge in [-0.05, 0) is 37.1 Å². The van der Waals surface area contributed by atoms with Gasteiger partial charge in [0, 0.05) is 6.04 Å². The van der Waals surface area contributed by atoms with Gasteiger partial charge < -0.3 is 14.0 Å². The second-order valence-electron chi connectivity index (χ2n) is 8.17. The molecule has 0 radical (unpaired) electrons. The number of imidazole rings is 1. The van der Waals surface area contributed by atoms with Gasteiger partial charge in [-0.1, -0.05) is 43.2 Å². The Morgan fingerprint density at radius 2 is 1.73 bits per heavy atom. The van der Waals surface area contributed by atoms with E-state index < -0.39 is 0 Å². The lowest BCUT2D eigenvalue weighted by molar-refractivity contribution is 0.300. The highest BCUT2D eigenvalue weighted by Gasteiger charge is 2.26. The molecule has 2 heterocycles. The fourth-order valence-corrected chi connectivity index (χ4v) is 4.62. The van der Waals surface area contributed by atoms with Gasteiger partial charge in [-0.25, -0.2) is 14.3 Å². The van der Waals surface area contributed by atoms with Crippen molar-refractivity contribution in [3.8, 4) is 17.2 Å². The van der Waals surface area contributed by atoms with Crippen LogP contribution in [0, 0.1) is 0 Å². The predicted octanol–water partition coefficient (Wildman–Crippen LogP) is 3.55. The average Bonchev–Trinajstić information content (AvgIpc) is 3.51. The normalized spacial score (nSPS) is 14.1. The highest BCUT2D eigenvalue weighted by atomic mass is 16.5. The van der Waals surface area contributed by atoms with Crippen LogP contribution in [-0.2, 0) is 6.54 Å². The number of benzene rings is 2. The standard InChI is InChI=1S/C25H26N4O4/c1-32-21-14-8-7-13-20(21)29-23-22(24(30)28(25(29)31)18-9-5-6-10-18)27(17-26-23)15-16-33-19-11-3-2-4-12-19/h2-4,7-8,11-14,17-18H,5-6,9-10,15-16H2,1H3. The lowest BCUT2D eigenvalue weighted by Gasteiger charge is -2.18. The minimum atomic E-state index is -0.380. The molecule has 2 aromatic carbocycles. The van der Waals surface area contributed by atoms with E-state index in [-0.39, 0.29) is 17.3 Å². The molecule has 0 bridgehead atoms. The summed E-state index contributed by atoms with van der Waals surface area (Å²) in [6.07, 6.45) is 5.25. The number of aromatic nitrogens is 4. The van der Waals surface area contributed by atoms with Gasteiger partial charge in [-0.2, -0.15) is 0 Å². The molecule has 0 amide bonds. The highest BCUT2D eigenvalue weighted by molar-refractivity contribution is 5.73. The molecule has 1 saturated carbocycles. The third kappa shape index (κ3) is 3.82. The topological polar surface area (TPSA) is 80.3 Å². The molecule has 4 aromatic rings. The number of hydrogen-bond acceptors (Lipinski definition) is 5. The molecule has 8 heteroatoms. The van der Waals surface area contributed by atoms with E-state index in [1.165, 1.54) is 9.13 Å². The van der Waals surface area contributed by atoms with Crippen LogP contribution < -0.4 is 20.7 Å². The lowest BCUT2D eigenvalue weighted by atomic mass is 10.2. The molecule has 0 saturated heterocycles. The molecular formula is C25H26N4O4. The molecule has 0 unspecified atom stereocenters. The number of rotatable bonds is 7. The molecule has 0 N–H and O–H groups in total. The summed E-state index contributed by atoms with van der Waals surface area (Å²) in [6.45, 7) is 0.793. The Labute approximate surface area is 190 Å². The van der Waals surface area contributed by atoms with Gasteiger partial charge in [0.25, 0.3) is 5.56 Å². The van der Waals surface area contributed by atoms with E-state index in [2.05, 4.69) is 4.98 Å². The van der Waals surface area contributed by atoms with E-state index in [1.54, 1.807) is 30.1 Å². The largest absolute Gasteiger partial charge is 0.495 e. The summed E-state index contributed by atoms with van der Waals surface area (Å²) in [5.74, 6) is 1.30. The van der Waals surface area contributed by atoms with Gasteiger partial charge in [0.15, 0.2) is 11.2 Å². The maximum atomic E-state index is 13.7. The minimum Gasteiger partial charge on any atom is -0.495 e. The fourth-order valence-electron chi connectivity index (χ4n) is 4.62. The zero-order chi connectivity index (χ0) is 22.8. The number of ether oxygens (including phenoxy) is 2. The van der Waals surface area contributed by atoms with Crippen LogP contribution in [0.3, 0.4) is 0 Å². The number of para-hydroxylation sites is 3. The van der Waals surface area contributed by atoms with Gasteiger partial charge in [-0.15, -0.1) is 0 Å². The maximum absolute atomic E-state index is 13.7. The second-order valence-corrected chi connectivity index (χ2v) is 8.17. The Bertz CT molecular complexity index is 1380. The average molecular weight is 447 g/mol. The first-order valence-corrected chi connectivity index (χ1v) is 11.2. The number of fused-ring (bicyclic) bond motifs is 1. The SMILES string of the molecule is COc1ccccc1-n1c(=O)n(C2CCCC2)c(=O)c2c1ncn2CCOc1ccccc1. The Balaban J connectivity index is 1.65. The molecule has 1 fully saturated rings. The van der Waals surface area contributed by atoms with Crippen LogP contribution in [-0.4, -0.2) is 32.4 Å².